The fourth-order valence-electron chi connectivity index (χ4n) is 1.67. The normalized spacial score (nSPS) is 9.90. The summed E-state index contributed by atoms with van der Waals surface area (Å²) in [5.74, 6) is 0.687. The average Bonchev–Trinajstić information content (AvgIpc) is 2.47. The van der Waals surface area contributed by atoms with Crippen LogP contribution in [0.1, 0.15) is 5.56 Å². The SMILES string of the molecule is COc1ccc(CNC(=O)Nc2ccccc2)c(Cl)c1. The van der Waals surface area contributed by atoms with Crippen LogP contribution in [0.5, 0.6) is 5.75 Å². The molecule has 0 saturated heterocycles. The Morgan fingerprint density at radius 3 is 2.60 bits per heavy atom. The Bertz CT molecular complexity index is 588. The van der Waals surface area contributed by atoms with Crippen LogP contribution in [-0.4, -0.2) is 13.1 Å². The van der Waals surface area contributed by atoms with Gasteiger partial charge in [0.2, 0.25) is 0 Å². The zero-order chi connectivity index (χ0) is 14.4. The fraction of sp³-hybridized carbons (Fsp3) is 0.133. The molecule has 0 aliphatic carbocycles. The molecule has 0 atom stereocenters. The lowest BCUT2D eigenvalue weighted by Gasteiger charge is -2.09. The van der Waals surface area contributed by atoms with Gasteiger partial charge in [0.1, 0.15) is 5.75 Å². The number of rotatable bonds is 4. The first-order valence-corrected chi connectivity index (χ1v) is 6.49. The molecular formula is C15H15ClN2O2. The van der Waals surface area contributed by atoms with Gasteiger partial charge in [-0.3, -0.25) is 0 Å². The Hall–Kier alpha value is -2.20. The molecule has 20 heavy (non-hydrogen) atoms. The van der Waals surface area contributed by atoms with Crippen molar-refractivity contribution in [2.75, 3.05) is 12.4 Å². The summed E-state index contributed by atoms with van der Waals surface area (Å²) in [4.78, 5) is 11.7. The van der Waals surface area contributed by atoms with Gasteiger partial charge in [0, 0.05) is 17.3 Å². The number of ether oxygens (including phenoxy) is 1. The minimum atomic E-state index is -0.275. The van der Waals surface area contributed by atoms with Gasteiger partial charge in [-0.2, -0.15) is 0 Å². The van der Waals surface area contributed by atoms with Gasteiger partial charge in [-0.1, -0.05) is 35.9 Å². The van der Waals surface area contributed by atoms with Gasteiger partial charge in [-0.25, -0.2) is 4.79 Å². The maximum absolute atomic E-state index is 11.7. The van der Waals surface area contributed by atoms with Gasteiger partial charge in [0.25, 0.3) is 0 Å². The third kappa shape index (κ3) is 3.90. The third-order valence-electron chi connectivity index (χ3n) is 2.73. The number of nitrogens with one attached hydrogen (secondary N) is 2. The highest BCUT2D eigenvalue weighted by molar-refractivity contribution is 6.31. The quantitative estimate of drug-likeness (QED) is 0.902. The average molecular weight is 291 g/mol. The summed E-state index contributed by atoms with van der Waals surface area (Å²) in [5.41, 5.74) is 1.57. The van der Waals surface area contributed by atoms with E-state index in [0.717, 1.165) is 11.3 Å². The summed E-state index contributed by atoms with van der Waals surface area (Å²) in [6.45, 7) is 0.349. The van der Waals surface area contributed by atoms with Crippen molar-refractivity contribution in [3.05, 3.63) is 59.1 Å². The molecule has 0 aromatic heterocycles. The highest BCUT2D eigenvalue weighted by Crippen LogP contribution is 2.22. The molecule has 0 radical (unpaired) electrons. The lowest BCUT2D eigenvalue weighted by atomic mass is 10.2. The maximum atomic E-state index is 11.7. The molecule has 0 aliphatic rings. The first-order chi connectivity index (χ1) is 9.69. The number of methoxy groups -OCH3 is 1. The number of carbonyl (C=O) groups is 1. The molecule has 0 heterocycles. The Kier molecular flexibility index (Phi) is 4.85. The monoisotopic (exact) mass is 290 g/mol. The molecule has 2 aromatic carbocycles. The molecule has 5 heteroatoms. The van der Waals surface area contributed by atoms with E-state index in [0.29, 0.717) is 17.3 Å². The van der Waals surface area contributed by atoms with Gasteiger partial charge in [-0.05, 0) is 29.8 Å². The molecule has 0 bridgehead atoms. The minimum absolute atomic E-state index is 0.275. The molecule has 0 unspecified atom stereocenters. The van der Waals surface area contributed by atoms with E-state index in [9.17, 15) is 4.79 Å². The molecular weight excluding hydrogens is 276 g/mol. The van der Waals surface area contributed by atoms with Gasteiger partial charge in [0.05, 0.1) is 7.11 Å². The summed E-state index contributed by atoms with van der Waals surface area (Å²) in [5, 5.41) is 6.05. The second-order valence-electron chi connectivity index (χ2n) is 4.13. The number of anilines is 1. The Labute approximate surface area is 122 Å². The van der Waals surface area contributed by atoms with E-state index in [1.54, 1.807) is 19.2 Å². The van der Waals surface area contributed by atoms with E-state index in [1.165, 1.54) is 0 Å². The standard InChI is InChI=1S/C15H15ClN2O2/c1-20-13-8-7-11(14(16)9-13)10-17-15(19)18-12-5-3-2-4-6-12/h2-9H,10H2,1H3,(H2,17,18,19). The molecule has 2 N–H and O–H groups in total. The van der Waals surface area contributed by atoms with Crippen LogP contribution in [0.25, 0.3) is 0 Å². The molecule has 104 valence electrons. The van der Waals surface area contributed by atoms with Crippen molar-refractivity contribution in [1.82, 2.24) is 5.32 Å². The van der Waals surface area contributed by atoms with Crippen LogP contribution in [0, 0.1) is 0 Å². The number of hydrogen-bond donors (Lipinski definition) is 2. The molecule has 0 fully saturated rings. The molecule has 2 amide bonds. The van der Waals surface area contributed by atoms with Crippen LogP contribution in [0.3, 0.4) is 0 Å². The van der Waals surface area contributed by atoms with Crippen LogP contribution in [0.4, 0.5) is 10.5 Å². The predicted molar refractivity (Wildman–Crippen MR) is 80.3 cm³/mol. The topological polar surface area (TPSA) is 50.4 Å². The van der Waals surface area contributed by atoms with Crippen molar-refractivity contribution >= 4 is 23.3 Å². The summed E-state index contributed by atoms with van der Waals surface area (Å²) in [6.07, 6.45) is 0. The second-order valence-corrected chi connectivity index (χ2v) is 4.54. The lowest BCUT2D eigenvalue weighted by Crippen LogP contribution is -2.28. The van der Waals surface area contributed by atoms with Crippen LogP contribution in [-0.2, 0) is 6.54 Å². The molecule has 2 rings (SSSR count). The van der Waals surface area contributed by atoms with Crippen LogP contribution in [0.15, 0.2) is 48.5 Å². The molecule has 4 nitrogen and oxygen atoms in total. The lowest BCUT2D eigenvalue weighted by molar-refractivity contribution is 0.251. The van der Waals surface area contributed by atoms with Crippen molar-refractivity contribution in [2.45, 2.75) is 6.54 Å². The van der Waals surface area contributed by atoms with Crippen LogP contribution in [0.2, 0.25) is 5.02 Å². The largest absolute Gasteiger partial charge is 0.497 e. The van der Waals surface area contributed by atoms with Crippen molar-refractivity contribution in [1.29, 1.82) is 0 Å². The van der Waals surface area contributed by atoms with E-state index >= 15 is 0 Å². The van der Waals surface area contributed by atoms with Gasteiger partial charge >= 0.3 is 6.03 Å². The smallest absolute Gasteiger partial charge is 0.319 e. The first kappa shape index (κ1) is 14.2. The van der Waals surface area contributed by atoms with Crippen LogP contribution < -0.4 is 15.4 Å². The fourth-order valence-corrected chi connectivity index (χ4v) is 1.91. The third-order valence-corrected chi connectivity index (χ3v) is 3.08. The summed E-state index contributed by atoms with van der Waals surface area (Å²) < 4.78 is 5.07. The molecule has 0 aliphatic heterocycles. The van der Waals surface area contributed by atoms with E-state index in [-0.39, 0.29) is 6.03 Å². The molecule has 2 aromatic rings. The zero-order valence-electron chi connectivity index (χ0n) is 11.0. The summed E-state index contributed by atoms with van der Waals surface area (Å²) >= 11 is 6.10. The highest BCUT2D eigenvalue weighted by Gasteiger charge is 2.05. The van der Waals surface area contributed by atoms with Crippen molar-refractivity contribution in [3.8, 4) is 5.75 Å². The van der Waals surface area contributed by atoms with Gasteiger partial charge in [-0.15, -0.1) is 0 Å². The minimum Gasteiger partial charge on any atom is -0.497 e. The summed E-state index contributed by atoms with van der Waals surface area (Å²) in [6, 6.07) is 14.3. The zero-order valence-corrected chi connectivity index (χ0v) is 11.8. The maximum Gasteiger partial charge on any atom is 0.319 e. The Morgan fingerprint density at radius 2 is 1.95 bits per heavy atom. The van der Waals surface area contributed by atoms with E-state index in [1.807, 2.05) is 36.4 Å². The number of amides is 2. The second kappa shape index (κ2) is 6.82. The molecule has 0 spiro atoms. The van der Waals surface area contributed by atoms with E-state index in [4.69, 9.17) is 16.3 Å². The predicted octanol–water partition coefficient (Wildman–Crippen LogP) is 3.67. The Morgan fingerprint density at radius 1 is 1.20 bits per heavy atom. The number of para-hydroxylation sites is 1. The van der Waals surface area contributed by atoms with E-state index in [2.05, 4.69) is 10.6 Å². The number of urea groups is 1. The number of benzene rings is 2. The van der Waals surface area contributed by atoms with Crippen molar-refractivity contribution in [2.24, 2.45) is 0 Å². The first-order valence-electron chi connectivity index (χ1n) is 6.11. The van der Waals surface area contributed by atoms with Gasteiger partial charge < -0.3 is 15.4 Å². The highest BCUT2D eigenvalue weighted by atomic mass is 35.5. The number of hydrogen-bond acceptors (Lipinski definition) is 2. The number of carbonyl (C=O) groups excluding carboxylic acids is 1. The van der Waals surface area contributed by atoms with Crippen molar-refractivity contribution < 1.29 is 9.53 Å². The summed E-state index contributed by atoms with van der Waals surface area (Å²) in [7, 11) is 1.58. The van der Waals surface area contributed by atoms with Gasteiger partial charge in [0.15, 0.2) is 0 Å². The Balaban J connectivity index is 1.90. The number of halogens is 1. The molecule has 0 saturated carbocycles. The van der Waals surface area contributed by atoms with Crippen molar-refractivity contribution in [3.63, 3.8) is 0 Å². The van der Waals surface area contributed by atoms with E-state index < -0.39 is 0 Å². The van der Waals surface area contributed by atoms with Crippen LogP contribution >= 0.6 is 11.6 Å².